The van der Waals surface area contributed by atoms with Crippen LogP contribution in [0, 0.1) is 10.1 Å². The van der Waals surface area contributed by atoms with Gasteiger partial charge in [0.15, 0.2) is 0 Å². The molecule has 116 valence electrons. The molecule has 0 aliphatic carbocycles. The molecule has 0 aliphatic heterocycles. The van der Waals surface area contributed by atoms with Gasteiger partial charge >= 0.3 is 0 Å². The standard InChI is InChI=1S/C13H19N3O5/c1-21-7-6-15-13(18)9-14-8-12(17)10-2-4-11(5-3-10)16(19)20/h2-5,12,14,17H,6-9H2,1H3,(H,15,18). The molecule has 0 radical (unpaired) electrons. The molecule has 0 spiro atoms. The molecule has 3 N–H and O–H groups in total. The molecule has 0 saturated heterocycles. The number of nitrogens with one attached hydrogen (secondary N) is 2. The topological polar surface area (TPSA) is 114 Å². The van der Waals surface area contributed by atoms with E-state index < -0.39 is 11.0 Å². The van der Waals surface area contributed by atoms with Gasteiger partial charge < -0.3 is 20.5 Å². The van der Waals surface area contributed by atoms with Crippen molar-refractivity contribution in [3.05, 3.63) is 39.9 Å². The van der Waals surface area contributed by atoms with Gasteiger partial charge in [-0.1, -0.05) is 0 Å². The minimum atomic E-state index is -0.836. The van der Waals surface area contributed by atoms with Gasteiger partial charge in [-0.15, -0.1) is 0 Å². The Kier molecular flexibility index (Phi) is 7.30. The maximum atomic E-state index is 11.4. The predicted octanol–water partition coefficient (Wildman–Crippen LogP) is -0.0196. The van der Waals surface area contributed by atoms with Crippen LogP contribution in [0.4, 0.5) is 5.69 Å². The number of aliphatic hydroxyl groups is 1. The first-order chi connectivity index (χ1) is 10.0. The Hall–Kier alpha value is -2.03. The van der Waals surface area contributed by atoms with Crippen molar-refractivity contribution in [3.63, 3.8) is 0 Å². The van der Waals surface area contributed by atoms with Crippen LogP contribution in [-0.4, -0.2) is 49.3 Å². The summed E-state index contributed by atoms with van der Waals surface area (Å²) in [5, 5.41) is 25.9. The number of nitrogens with zero attached hydrogens (tertiary/aromatic N) is 1. The summed E-state index contributed by atoms with van der Waals surface area (Å²) in [6.07, 6.45) is -0.836. The average Bonchev–Trinajstić information content (AvgIpc) is 2.47. The molecular formula is C13H19N3O5. The van der Waals surface area contributed by atoms with Gasteiger partial charge in [0.05, 0.1) is 24.2 Å². The number of benzene rings is 1. The van der Waals surface area contributed by atoms with Gasteiger partial charge in [0.1, 0.15) is 0 Å². The van der Waals surface area contributed by atoms with Crippen LogP contribution in [0.2, 0.25) is 0 Å². The number of hydrogen-bond acceptors (Lipinski definition) is 6. The average molecular weight is 297 g/mol. The molecule has 0 fully saturated rings. The third-order valence-electron chi connectivity index (χ3n) is 2.74. The summed E-state index contributed by atoms with van der Waals surface area (Å²) >= 11 is 0. The summed E-state index contributed by atoms with van der Waals surface area (Å²) in [5.74, 6) is -0.192. The highest BCUT2D eigenvalue weighted by molar-refractivity contribution is 5.77. The zero-order valence-corrected chi connectivity index (χ0v) is 11.7. The van der Waals surface area contributed by atoms with Crippen molar-refractivity contribution in [2.24, 2.45) is 0 Å². The smallest absolute Gasteiger partial charge is 0.269 e. The fourth-order valence-electron chi connectivity index (χ4n) is 1.61. The highest BCUT2D eigenvalue weighted by Crippen LogP contribution is 2.17. The van der Waals surface area contributed by atoms with Gasteiger partial charge in [0.25, 0.3) is 5.69 Å². The molecule has 1 amide bonds. The molecule has 0 aliphatic rings. The lowest BCUT2D eigenvalue weighted by Gasteiger charge is -2.12. The molecule has 1 unspecified atom stereocenters. The maximum absolute atomic E-state index is 11.4. The largest absolute Gasteiger partial charge is 0.387 e. The zero-order valence-electron chi connectivity index (χ0n) is 11.7. The third-order valence-corrected chi connectivity index (χ3v) is 2.74. The predicted molar refractivity (Wildman–Crippen MR) is 75.8 cm³/mol. The van der Waals surface area contributed by atoms with Crippen molar-refractivity contribution in [1.29, 1.82) is 0 Å². The minimum absolute atomic E-state index is 0.0311. The van der Waals surface area contributed by atoms with E-state index in [4.69, 9.17) is 4.74 Å². The molecular weight excluding hydrogens is 278 g/mol. The SMILES string of the molecule is COCCNC(=O)CNCC(O)c1ccc([N+](=O)[O-])cc1. The summed E-state index contributed by atoms with van der Waals surface area (Å²) in [4.78, 5) is 21.4. The van der Waals surface area contributed by atoms with E-state index in [2.05, 4.69) is 10.6 Å². The summed E-state index contributed by atoms with van der Waals surface area (Å²) < 4.78 is 4.80. The summed E-state index contributed by atoms with van der Waals surface area (Å²) in [6, 6.07) is 5.64. The number of amides is 1. The van der Waals surface area contributed by atoms with Gasteiger partial charge in [0.2, 0.25) is 5.91 Å². The highest BCUT2D eigenvalue weighted by Gasteiger charge is 2.10. The van der Waals surface area contributed by atoms with E-state index >= 15 is 0 Å². The second-order valence-corrected chi connectivity index (χ2v) is 4.34. The third kappa shape index (κ3) is 6.30. The molecule has 1 aromatic carbocycles. The van der Waals surface area contributed by atoms with Crippen LogP contribution >= 0.6 is 0 Å². The number of nitro benzene ring substituents is 1. The monoisotopic (exact) mass is 297 g/mol. The van der Waals surface area contributed by atoms with E-state index in [9.17, 15) is 20.0 Å². The number of ether oxygens (including phenoxy) is 1. The van der Waals surface area contributed by atoms with Crippen LogP contribution in [0.3, 0.4) is 0 Å². The van der Waals surface area contributed by atoms with Crippen LogP contribution in [0.25, 0.3) is 0 Å². The lowest BCUT2D eigenvalue weighted by atomic mass is 10.1. The molecule has 8 heteroatoms. The quantitative estimate of drug-likeness (QED) is 0.335. The molecule has 1 atom stereocenters. The molecule has 0 aromatic heterocycles. The number of methoxy groups -OCH3 is 1. The minimum Gasteiger partial charge on any atom is -0.387 e. The van der Waals surface area contributed by atoms with E-state index in [1.807, 2.05) is 0 Å². The Morgan fingerprint density at radius 1 is 1.43 bits per heavy atom. The molecule has 1 aromatic rings. The highest BCUT2D eigenvalue weighted by atomic mass is 16.6. The fourth-order valence-corrected chi connectivity index (χ4v) is 1.61. The van der Waals surface area contributed by atoms with Crippen molar-refractivity contribution < 1.29 is 19.6 Å². The van der Waals surface area contributed by atoms with Gasteiger partial charge in [-0.05, 0) is 17.7 Å². The van der Waals surface area contributed by atoms with Crippen LogP contribution in [0.15, 0.2) is 24.3 Å². The summed E-state index contributed by atoms with van der Waals surface area (Å²) in [5.41, 5.74) is 0.518. The first-order valence-electron chi connectivity index (χ1n) is 6.43. The number of rotatable bonds is 9. The molecule has 1 rings (SSSR count). The van der Waals surface area contributed by atoms with E-state index in [0.29, 0.717) is 18.7 Å². The van der Waals surface area contributed by atoms with Crippen LogP contribution in [-0.2, 0) is 9.53 Å². The Labute approximate surface area is 122 Å². The van der Waals surface area contributed by atoms with Crippen molar-refractivity contribution in [3.8, 4) is 0 Å². The lowest BCUT2D eigenvalue weighted by molar-refractivity contribution is -0.384. The second kappa shape index (κ2) is 9.01. The lowest BCUT2D eigenvalue weighted by Crippen LogP contribution is -2.37. The van der Waals surface area contributed by atoms with Crippen LogP contribution in [0.5, 0.6) is 0 Å². The van der Waals surface area contributed by atoms with E-state index in [0.717, 1.165) is 0 Å². The van der Waals surface area contributed by atoms with Crippen LogP contribution < -0.4 is 10.6 Å². The van der Waals surface area contributed by atoms with Gasteiger partial charge in [-0.3, -0.25) is 14.9 Å². The molecule has 0 bridgehead atoms. The number of nitro groups is 1. The molecule has 8 nitrogen and oxygen atoms in total. The zero-order chi connectivity index (χ0) is 15.7. The Morgan fingerprint density at radius 3 is 2.67 bits per heavy atom. The molecule has 21 heavy (non-hydrogen) atoms. The van der Waals surface area contributed by atoms with E-state index in [1.54, 1.807) is 7.11 Å². The van der Waals surface area contributed by atoms with Gasteiger partial charge in [0, 0.05) is 32.3 Å². The summed E-state index contributed by atoms with van der Waals surface area (Å²) in [7, 11) is 1.55. The van der Waals surface area contributed by atoms with Gasteiger partial charge in [-0.2, -0.15) is 0 Å². The van der Waals surface area contributed by atoms with Crippen molar-refractivity contribution in [2.75, 3.05) is 33.4 Å². The van der Waals surface area contributed by atoms with Crippen molar-refractivity contribution in [1.82, 2.24) is 10.6 Å². The van der Waals surface area contributed by atoms with Crippen molar-refractivity contribution >= 4 is 11.6 Å². The molecule has 0 heterocycles. The van der Waals surface area contributed by atoms with Crippen LogP contribution in [0.1, 0.15) is 11.7 Å². The number of carbonyl (C=O) groups is 1. The first-order valence-corrected chi connectivity index (χ1v) is 6.43. The molecule has 0 saturated carbocycles. The van der Waals surface area contributed by atoms with Crippen molar-refractivity contribution in [2.45, 2.75) is 6.10 Å². The number of aliphatic hydroxyl groups excluding tert-OH is 1. The summed E-state index contributed by atoms with van der Waals surface area (Å²) in [6.45, 7) is 1.13. The first kappa shape index (κ1) is 17.0. The normalized spacial score (nSPS) is 11.9. The van der Waals surface area contributed by atoms with E-state index in [1.165, 1.54) is 24.3 Å². The number of carbonyl (C=O) groups excluding carboxylic acids is 1. The second-order valence-electron chi connectivity index (χ2n) is 4.34. The number of non-ortho nitro benzene ring substituents is 1. The Morgan fingerprint density at radius 2 is 2.10 bits per heavy atom. The Bertz CT molecular complexity index is 463. The Balaban J connectivity index is 2.31. The van der Waals surface area contributed by atoms with Gasteiger partial charge in [-0.25, -0.2) is 0 Å². The number of hydrogen-bond donors (Lipinski definition) is 3. The van der Waals surface area contributed by atoms with E-state index in [-0.39, 0.29) is 24.7 Å². The maximum Gasteiger partial charge on any atom is 0.269 e. The fraction of sp³-hybridized carbons (Fsp3) is 0.462.